The van der Waals surface area contributed by atoms with Crippen LogP contribution >= 0.6 is 0 Å². The highest BCUT2D eigenvalue weighted by atomic mass is 16.2. The van der Waals surface area contributed by atoms with Crippen LogP contribution in [0.2, 0.25) is 0 Å². The van der Waals surface area contributed by atoms with Gasteiger partial charge in [0, 0.05) is 44.4 Å². The molecule has 3 heterocycles. The monoisotopic (exact) mass is 362 g/mol. The van der Waals surface area contributed by atoms with E-state index in [0.717, 1.165) is 64.1 Å². The second-order valence-electron chi connectivity index (χ2n) is 7.79. The number of carbonyl (C=O) groups excluding carboxylic acids is 2. The highest BCUT2D eigenvalue weighted by molar-refractivity contribution is 5.78. The zero-order chi connectivity index (χ0) is 18.6. The van der Waals surface area contributed by atoms with E-state index in [1.165, 1.54) is 0 Å². The predicted octanol–water partition coefficient (Wildman–Crippen LogP) is 1.40. The summed E-state index contributed by atoms with van der Waals surface area (Å²) in [7, 11) is 0. The van der Waals surface area contributed by atoms with E-state index in [2.05, 4.69) is 22.4 Å². The van der Waals surface area contributed by atoms with Gasteiger partial charge in [-0.05, 0) is 43.0 Å². The summed E-state index contributed by atoms with van der Waals surface area (Å²) < 4.78 is 1.67. The van der Waals surface area contributed by atoms with E-state index < -0.39 is 0 Å². The minimum absolute atomic E-state index is 0.0836. The van der Waals surface area contributed by atoms with Crippen molar-refractivity contribution in [1.29, 1.82) is 0 Å². The number of aromatic nitrogens is 4. The van der Waals surface area contributed by atoms with Crippen LogP contribution in [-0.2, 0) is 16.1 Å². The van der Waals surface area contributed by atoms with Crippen LogP contribution in [-0.4, -0.2) is 68.0 Å². The third-order valence-corrected chi connectivity index (χ3v) is 5.79. The number of likely N-dealkylation sites (tertiary alicyclic amines) is 2. The van der Waals surface area contributed by atoms with Crippen molar-refractivity contribution in [3.05, 3.63) is 5.82 Å². The Bertz CT molecular complexity index is 645. The number of unbranched alkanes of at least 4 members (excludes halogenated alkanes) is 1. The normalized spacial score (nSPS) is 23.7. The van der Waals surface area contributed by atoms with Crippen molar-refractivity contribution in [2.45, 2.75) is 65.3 Å². The first-order valence-corrected chi connectivity index (χ1v) is 9.81. The van der Waals surface area contributed by atoms with E-state index in [-0.39, 0.29) is 17.2 Å². The van der Waals surface area contributed by atoms with Crippen LogP contribution in [0.15, 0.2) is 0 Å². The zero-order valence-electron chi connectivity index (χ0n) is 16.0. The summed E-state index contributed by atoms with van der Waals surface area (Å²) in [5.41, 5.74) is 0.0836. The lowest BCUT2D eigenvalue weighted by Crippen LogP contribution is -2.55. The number of carbonyl (C=O) groups is 2. The van der Waals surface area contributed by atoms with Gasteiger partial charge in [0.1, 0.15) is 5.82 Å². The molecule has 2 aliphatic rings. The number of piperidine rings is 2. The molecule has 1 aromatic heterocycles. The molecule has 2 saturated heterocycles. The number of amides is 2. The number of hydrogen-bond acceptors (Lipinski definition) is 5. The second kappa shape index (κ2) is 8.14. The van der Waals surface area contributed by atoms with Crippen LogP contribution in [0.3, 0.4) is 0 Å². The maximum atomic E-state index is 12.7. The van der Waals surface area contributed by atoms with Crippen molar-refractivity contribution in [2.75, 3.05) is 26.2 Å². The molecule has 0 saturated carbocycles. The standard InChI is InChI=1S/C18H30N6O2/c1-3-4-10-22-13-18(9-6-16(22)25)8-5-11-23(14-18)17(26)7-12-24-15(2)19-20-21-24/h3-14H2,1-2H3. The van der Waals surface area contributed by atoms with Crippen molar-refractivity contribution in [1.82, 2.24) is 30.0 Å². The Balaban J connectivity index is 1.58. The Morgan fingerprint density at radius 1 is 1.23 bits per heavy atom. The van der Waals surface area contributed by atoms with Crippen LogP contribution in [0.4, 0.5) is 0 Å². The van der Waals surface area contributed by atoms with Crippen molar-refractivity contribution >= 4 is 11.8 Å². The van der Waals surface area contributed by atoms with Gasteiger partial charge in [-0.15, -0.1) is 5.10 Å². The van der Waals surface area contributed by atoms with E-state index >= 15 is 0 Å². The van der Waals surface area contributed by atoms with Crippen LogP contribution < -0.4 is 0 Å². The van der Waals surface area contributed by atoms with Crippen LogP contribution in [0, 0.1) is 12.3 Å². The fraction of sp³-hybridized carbons (Fsp3) is 0.833. The third kappa shape index (κ3) is 4.22. The van der Waals surface area contributed by atoms with Gasteiger partial charge in [-0.3, -0.25) is 9.59 Å². The molecule has 26 heavy (non-hydrogen) atoms. The first-order chi connectivity index (χ1) is 12.5. The highest BCUT2D eigenvalue weighted by Crippen LogP contribution is 2.39. The van der Waals surface area contributed by atoms with Crippen LogP contribution in [0.5, 0.6) is 0 Å². The minimum Gasteiger partial charge on any atom is -0.342 e. The van der Waals surface area contributed by atoms with Crippen molar-refractivity contribution in [2.24, 2.45) is 5.41 Å². The highest BCUT2D eigenvalue weighted by Gasteiger charge is 2.42. The molecule has 144 valence electrons. The fourth-order valence-corrected chi connectivity index (χ4v) is 4.22. The minimum atomic E-state index is 0.0836. The molecule has 0 radical (unpaired) electrons. The Kier molecular flexibility index (Phi) is 5.88. The summed E-state index contributed by atoms with van der Waals surface area (Å²) in [6.45, 7) is 7.75. The molecule has 1 unspecified atom stereocenters. The molecule has 0 aromatic carbocycles. The largest absolute Gasteiger partial charge is 0.342 e. The van der Waals surface area contributed by atoms with Gasteiger partial charge in [0.15, 0.2) is 0 Å². The third-order valence-electron chi connectivity index (χ3n) is 5.79. The van der Waals surface area contributed by atoms with Crippen molar-refractivity contribution in [3.8, 4) is 0 Å². The first kappa shape index (κ1) is 18.8. The van der Waals surface area contributed by atoms with Crippen molar-refractivity contribution < 1.29 is 9.59 Å². The second-order valence-corrected chi connectivity index (χ2v) is 7.79. The molecular formula is C18H30N6O2. The molecular weight excluding hydrogens is 332 g/mol. The summed E-state index contributed by atoms with van der Waals surface area (Å²) in [5, 5.41) is 11.4. The summed E-state index contributed by atoms with van der Waals surface area (Å²) in [5.74, 6) is 1.17. The maximum Gasteiger partial charge on any atom is 0.224 e. The molecule has 1 aromatic rings. The Morgan fingerprint density at radius 3 is 2.81 bits per heavy atom. The quantitative estimate of drug-likeness (QED) is 0.764. The van der Waals surface area contributed by atoms with Gasteiger partial charge in [0.05, 0.1) is 6.54 Å². The lowest BCUT2D eigenvalue weighted by molar-refractivity contribution is -0.143. The Hall–Kier alpha value is -1.99. The number of nitrogens with zero attached hydrogens (tertiary/aromatic N) is 6. The first-order valence-electron chi connectivity index (χ1n) is 9.81. The van der Waals surface area contributed by atoms with E-state index in [0.29, 0.717) is 19.4 Å². The van der Waals surface area contributed by atoms with E-state index in [9.17, 15) is 9.59 Å². The van der Waals surface area contributed by atoms with Gasteiger partial charge in [-0.2, -0.15) is 0 Å². The molecule has 1 atom stereocenters. The van der Waals surface area contributed by atoms with Gasteiger partial charge < -0.3 is 9.80 Å². The average molecular weight is 362 g/mol. The predicted molar refractivity (Wildman–Crippen MR) is 96.1 cm³/mol. The topological polar surface area (TPSA) is 84.2 Å². The van der Waals surface area contributed by atoms with Gasteiger partial charge in [0.2, 0.25) is 11.8 Å². The van der Waals surface area contributed by atoms with Gasteiger partial charge in [-0.25, -0.2) is 4.68 Å². The SMILES string of the molecule is CCCCN1CC2(CCCN(C(=O)CCn3nnnc3C)C2)CCC1=O. The Labute approximate surface area is 154 Å². The number of tetrazole rings is 1. The number of hydrogen-bond donors (Lipinski definition) is 0. The molecule has 0 bridgehead atoms. The smallest absolute Gasteiger partial charge is 0.224 e. The van der Waals surface area contributed by atoms with Gasteiger partial charge in [0.25, 0.3) is 0 Å². The molecule has 2 amide bonds. The van der Waals surface area contributed by atoms with E-state index in [1.807, 2.05) is 16.7 Å². The van der Waals surface area contributed by atoms with Crippen molar-refractivity contribution in [3.63, 3.8) is 0 Å². The lowest BCUT2D eigenvalue weighted by Gasteiger charge is -2.48. The molecule has 2 aliphatic heterocycles. The molecule has 0 N–H and O–H groups in total. The average Bonchev–Trinajstić information content (AvgIpc) is 3.06. The molecule has 3 rings (SSSR count). The van der Waals surface area contributed by atoms with Crippen LogP contribution in [0.25, 0.3) is 0 Å². The molecule has 8 heteroatoms. The fourth-order valence-electron chi connectivity index (χ4n) is 4.22. The van der Waals surface area contributed by atoms with Gasteiger partial charge >= 0.3 is 0 Å². The molecule has 2 fully saturated rings. The molecule has 0 aliphatic carbocycles. The summed E-state index contributed by atoms with van der Waals surface area (Å²) in [6.07, 6.45) is 6.22. The Morgan fingerprint density at radius 2 is 2.08 bits per heavy atom. The maximum absolute atomic E-state index is 12.7. The van der Waals surface area contributed by atoms with E-state index in [1.54, 1.807) is 4.68 Å². The zero-order valence-corrected chi connectivity index (χ0v) is 16.0. The number of rotatable bonds is 6. The molecule has 8 nitrogen and oxygen atoms in total. The number of aryl methyl sites for hydroxylation is 2. The summed E-state index contributed by atoms with van der Waals surface area (Å²) in [4.78, 5) is 29.0. The van der Waals surface area contributed by atoms with Gasteiger partial charge in [-0.1, -0.05) is 13.3 Å². The summed E-state index contributed by atoms with van der Waals surface area (Å²) in [6, 6.07) is 0. The summed E-state index contributed by atoms with van der Waals surface area (Å²) >= 11 is 0. The lowest BCUT2D eigenvalue weighted by atomic mass is 9.73. The molecule has 1 spiro atoms. The van der Waals surface area contributed by atoms with Crippen LogP contribution in [0.1, 0.15) is 57.7 Å². The van der Waals surface area contributed by atoms with E-state index in [4.69, 9.17) is 0 Å².